The molecular formula is C17H15ClN2O3S. The number of hydrogen-bond acceptors (Lipinski definition) is 4. The lowest BCUT2D eigenvalue weighted by Crippen LogP contribution is -2.42. The molecule has 124 valence electrons. The number of nitrogens with one attached hydrogen (secondary N) is 2. The van der Waals surface area contributed by atoms with Gasteiger partial charge in [-0.3, -0.25) is 4.79 Å². The van der Waals surface area contributed by atoms with Gasteiger partial charge in [0, 0.05) is 23.5 Å². The number of aromatic amines is 1. The summed E-state index contributed by atoms with van der Waals surface area (Å²) in [6.45, 7) is 0. The van der Waals surface area contributed by atoms with Crippen molar-refractivity contribution in [3.8, 4) is 0 Å². The maximum absolute atomic E-state index is 12.3. The maximum atomic E-state index is 12.3. The number of benzene rings is 1. The van der Waals surface area contributed by atoms with Crippen LogP contribution in [0.25, 0.3) is 10.9 Å². The number of fused-ring (bicyclic) bond motifs is 1. The van der Waals surface area contributed by atoms with E-state index in [2.05, 4.69) is 10.3 Å². The highest BCUT2D eigenvalue weighted by Gasteiger charge is 2.24. The van der Waals surface area contributed by atoms with Gasteiger partial charge >= 0.3 is 5.97 Å². The van der Waals surface area contributed by atoms with Crippen LogP contribution in [0.15, 0.2) is 42.6 Å². The van der Waals surface area contributed by atoms with Gasteiger partial charge in [-0.1, -0.05) is 29.8 Å². The summed E-state index contributed by atoms with van der Waals surface area (Å²) in [5, 5.41) is 3.74. The molecule has 1 unspecified atom stereocenters. The van der Waals surface area contributed by atoms with Crippen LogP contribution in [0.1, 0.15) is 15.2 Å². The van der Waals surface area contributed by atoms with Crippen molar-refractivity contribution in [1.82, 2.24) is 10.3 Å². The lowest BCUT2D eigenvalue weighted by atomic mass is 10.0. The summed E-state index contributed by atoms with van der Waals surface area (Å²) in [5.41, 5.74) is 1.91. The van der Waals surface area contributed by atoms with Crippen LogP contribution in [0, 0.1) is 0 Å². The fourth-order valence-electron chi connectivity index (χ4n) is 2.52. The van der Waals surface area contributed by atoms with Crippen LogP contribution in [-0.4, -0.2) is 30.0 Å². The van der Waals surface area contributed by atoms with Crippen molar-refractivity contribution in [2.24, 2.45) is 0 Å². The van der Waals surface area contributed by atoms with Crippen LogP contribution in [0.4, 0.5) is 0 Å². The Morgan fingerprint density at radius 2 is 2.08 bits per heavy atom. The van der Waals surface area contributed by atoms with Crippen LogP contribution < -0.4 is 5.32 Å². The molecule has 1 amide bonds. The molecule has 3 aromatic rings. The van der Waals surface area contributed by atoms with Crippen LogP contribution in [0.3, 0.4) is 0 Å². The monoisotopic (exact) mass is 362 g/mol. The summed E-state index contributed by atoms with van der Waals surface area (Å²) in [4.78, 5) is 28.0. The Balaban J connectivity index is 1.81. The molecule has 2 N–H and O–H groups in total. The van der Waals surface area contributed by atoms with Gasteiger partial charge in [-0.05, 0) is 23.8 Å². The van der Waals surface area contributed by atoms with Gasteiger partial charge < -0.3 is 15.0 Å². The molecule has 0 saturated heterocycles. The predicted octanol–water partition coefficient (Wildman–Crippen LogP) is 3.40. The van der Waals surface area contributed by atoms with Crippen molar-refractivity contribution in [3.63, 3.8) is 0 Å². The van der Waals surface area contributed by atoms with E-state index in [9.17, 15) is 9.59 Å². The lowest BCUT2D eigenvalue weighted by molar-refractivity contribution is -0.142. The van der Waals surface area contributed by atoms with Gasteiger partial charge in [0.05, 0.1) is 16.3 Å². The number of para-hydroxylation sites is 1. The van der Waals surface area contributed by atoms with E-state index in [1.54, 1.807) is 12.1 Å². The number of methoxy groups -OCH3 is 1. The number of hydrogen-bond donors (Lipinski definition) is 2. The minimum atomic E-state index is -0.775. The number of esters is 1. The summed E-state index contributed by atoms with van der Waals surface area (Å²) >= 11 is 7.02. The van der Waals surface area contributed by atoms with Crippen LogP contribution in [-0.2, 0) is 16.0 Å². The number of rotatable bonds is 5. The molecule has 1 atom stereocenters. The number of H-pyrrole nitrogens is 1. The second-order valence-electron chi connectivity index (χ2n) is 5.22. The van der Waals surface area contributed by atoms with E-state index >= 15 is 0 Å². The van der Waals surface area contributed by atoms with Crippen LogP contribution in [0.5, 0.6) is 0 Å². The Bertz CT molecular complexity index is 887. The third-order valence-electron chi connectivity index (χ3n) is 3.69. The van der Waals surface area contributed by atoms with E-state index in [0.717, 1.165) is 27.8 Å². The largest absolute Gasteiger partial charge is 0.467 e. The first-order chi connectivity index (χ1) is 11.6. The zero-order valence-electron chi connectivity index (χ0n) is 12.8. The molecule has 0 aliphatic rings. The molecule has 1 aromatic carbocycles. The average Bonchev–Trinajstić information content (AvgIpc) is 3.20. The van der Waals surface area contributed by atoms with Crippen molar-refractivity contribution >= 4 is 45.7 Å². The Labute approximate surface area is 147 Å². The Kier molecular flexibility index (Phi) is 4.87. The van der Waals surface area contributed by atoms with Crippen molar-refractivity contribution < 1.29 is 14.3 Å². The van der Waals surface area contributed by atoms with E-state index in [-0.39, 0.29) is 5.91 Å². The van der Waals surface area contributed by atoms with Crippen molar-refractivity contribution in [2.45, 2.75) is 12.5 Å². The quantitative estimate of drug-likeness (QED) is 0.683. The summed E-state index contributed by atoms with van der Waals surface area (Å²) in [6.07, 6.45) is 2.18. The first-order valence-corrected chi connectivity index (χ1v) is 8.47. The normalized spacial score (nSPS) is 12.1. The van der Waals surface area contributed by atoms with Gasteiger partial charge in [-0.25, -0.2) is 4.79 Å². The molecular weight excluding hydrogens is 348 g/mol. The summed E-state index contributed by atoms with van der Waals surface area (Å²) < 4.78 is 5.35. The predicted molar refractivity (Wildman–Crippen MR) is 94.6 cm³/mol. The van der Waals surface area contributed by atoms with E-state index in [1.165, 1.54) is 7.11 Å². The maximum Gasteiger partial charge on any atom is 0.328 e. The van der Waals surface area contributed by atoms with Crippen molar-refractivity contribution in [3.05, 3.63) is 57.4 Å². The molecule has 2 aromatic heterocycles. The third kappa shape index (κ3) is 3.44. The molecule has 0 saturated carbocycles. The second kappa shape index (κ2) is 7.07. The van der Waals surface area contributed by atoms with Gasteiger partial charge in [0.25, 0.3) is 5.91 Å². The number of carbonyl (C=O) groups excluding carboxylic acids is 2. The molecule has 0 aliphatic carbocycles. The van der Waals surface area contributed by atoms with Crippen molar-refractivity contribution in [2.75, 3.05) is 7.11 Å². The second-order valence-corrected chi connectivity index (χ2v) is 6.93. The van der Waals surface area contributed by atoms with Gasteiger partial charge in [-0.2, -0.15) is 0 Å². The molecule has 5 nitrogen and oxygen atoms in total. The number of aromatic nitrogens is 1. The SMILES string of the molecule is COC(=O)C(Cc1c[nH]c2ccccc12)NC(=O)c1ccc(Cl)s1. The highest BCUT2D eigenvalue weighted by Crippen LogP contribution is 2.22. The Morgan fingerprint density at radius 3 is 2.79 bits per heavy atom. The molecule has 2 heterocycles. The smallest absolute Gasteiger partial charge is 0.328 e. The zero-order valence-corrected chi connectivity index (χ0v) is 14.4. The zero-order chi connectivity index (χ0) is 17.1. The standard InChI is InChI=1S/C17H15ClN2O3S/c1-23-17(22)13(20-16(21)14-6-7-15(18)24-14)8-10-9-19-12-5-3-2-4-11(10)12/h2-7,9,13,19H,8H2,1H3,(H,20,21). The number of carbonyl (C=O) groups is 2. The fraction of sp³-hybridized carbons (Fsp3) is 0.176. The summed E-state index contributed by atoms with van der Waals surface area (Å²) in [6, 6.07) is 10.3. The fourth-order valence-corrected chi connectivity index (χ4v) is 3.47. The van der Waals surface area contributed by atoms with Crippen LogP contribution in [0.2, 0.25) is 4.34 Å². The van der Waals surface area contributed by atoms with Gasteiger partial charge in [0.15, 0.2) is 0 Å². The van der Waals surface area contributed by atoms with E-state index in [0.29, 0.717) is 15.6 Å². The molecule has 0 radical (unpaired) electrons. The molecule has 0 aliphatic heterocycles. The number of amides is 1. The number of ether oxygens (including phenoxy) is 1. The van der Waals surface area contributed by atoms with E-state index in [1.807, 2.05) is 30.5 Å². The van der Waals surface area contributed by atoms with E-state index in [4.69, 9.17) is 16.3 Å². The average molecular weight is 363 g/mol. The molecule has 24 heavy (non-hydrogen) atoms. The summed E-state index contributed by atoms with van der Waals surface area (Å²) in [5.74, 6) is -0.835. The minimum absolute atomic E-state index is 0.335. The highest BCUT2D eigenvalue weighted by molar-refractivity contribution is 7.18. The molecule has 7 heteroatoms. The van der Waals surface area contributed by atoms with E-state index < -0.39 is 12.0 Å². The molecule has 0 bridgehead atoms. The Hall–Kier alpha value is -2.31. The lowest BCUT2D eigenvalue weighted by Gasteiger charge is -2.15. The molecule has 3 rings (SSSR count). The van der Waals surface area contributed by atoms with Gasteiger partial charge in [0.1, 0.15) is 6.04 Å². The molecule has 0 fully saturated rings. The number of halogens is 1. The van der Waals surface area contributed by atoms with Gasteiger partial charge in [0.2, 0.25) is 0 Å². The first-order valence-electron chi connectivity index (χ1n) is 7.27. The van der Waals surface area contributed by atoms with Crippen molar-refractivity contribution in [1.29, 1.82) is 0 Å². The topological polar surface area (TPSA) is 71.2 Å². The minimum Gasteiger partial charge on any atom is -0.467 e. The van der Waals surface area contributed by atoms with Crippen LogP contribution >= 0.6 is 22.9 Å². The highest BCUT2D eigenvalue weighted by atomic mass is 35.5. The third-order valence-corrected chi connectivity index (χ3v) is 4.92. The first kappa shape index (κ1) is 16.5. The number of thiophene rings is 1. The van der Waals surface area contributed by atoms with Gasteiger partial charge in [-0.15, -0.1) is 11.3 Å². The Morgan fingerprint density at radius 1 is 1.29 bits per heavy atom. The summed E-state index contributed by atoms with van der Waals surface area (Å²) in [7, 11) is 1.30. The molecule has 0 spiro atoms.